The lowest BCUT2D eigenvalue weighted by molar-refractivity contribution is -0.116. The highest BCUT2D eigenvalue weighted by atomic mass is 79.9. The molecule has 9 rings (SSSR count). The Morgan fingerprint density at radius 3 is 1.42 bits per heavy atom. The van der Waals surface area contributed by atoms with Gasteiger partial charge in [0.2, 0.25) is 5.91 Å². The summed E-state index contributed by atoms with van der Waals surface area (Å²) < 4.78 is 46.6. The number of halogens is 2. The summed E-state index contributed by atoms with van der Waals surface area (Å²) in [7, 11) is 8.24. The molecule has 0 spiro atoms. The van der Waals surface area contributed by atoms with E-state index in [9.17, 15) is 4.79 Å². The Morgan fingerprint density at radius 1 is 0.518 bits per heavy atom. The van der Waals surface area contributed by atoms with Gasteiger partial charge in [0.1, 0.15) is 31.3 Å². The van der Waals surface area contributed by atoms with Gasteiger partial charge in [0.25, 0.3) is 0 Å². The van der Waals surface area contributed by atoms with E-state index in [-0.39, 0.29) is 19.4 Å². The molecule has 1 atom stereocenters. The molecule has 0 saturated heterocycles. The number of rotatable bonds is 23. The van der Waals surface area contributed by atoms with Gasteiger partial charge in [-0.2, -0.15) is 0 Å². The predicted octanol–water partition coefficient (Wildman–Crippen LogP) is 14.8. The normalized spacial score (nSPS) is 12.3. The maximum Gasteiger partial charge on any atom is 0.244 e. The third-order valence-electron chi connectivity index (χ3n) is 13.1. The van der Waals surface area contributed by atoms with Crippen LogP contribution in [0.25, 0.3) is 12.2 Å². The molecule has 1 aliphatic rings. The molecule has 1 unspecified atom stereocenters. The number of carbonyl (C=O) groups is 1. The number of amides is 1. The van der Waals surface area contributed by atoms with Crippen LogP contribution in [0.2, 0.25) is 0 Å². The van der Waals surface area contributed by atoms with Crippen LogP contribution in [0.3, 0.4) is 0 Å². The maximum absolute atomic E-state index is 12.2. The number of nitrogens with one attached hydrogen (secondary N) is 2. The minimum atomic E-state index is -0.147. The molecule has 0 radical (unpaired) electrons. The standard InChI is InChI=1S/C26H26BrNO4.C26H26BrNO3.C16H19NO2.CH4/c1-30-23-11-8-19(16-22(23)27)10-13-26(29)28-15-14-20-9-12-24(31-2)25(17-20)32-18-21-6-4-3-5-7-21;1-29-24-11-9-18(14-22(24)27)8-10-23-21-16-25(30-2)26(15-20(21)12-13-28-23)31-17-19-6-4-3-5-7-19;1-18-15-8-7-13(9-10-17)11-16(15)19-12-14-5-3-2-4-6-14;/h3-13,16-17H,14-15,18H2,1-2H3,(H,28,29);3-11,14-16,23,28H,12-13,17H2,1-2H3;2-8,11H,9-10,12,17H2,1H3;1H4/b13-10+;10-8+;;. The Hall–Kier alpha value is -8.01. The van der Waals surface area contributed by atoms with Crippen LogP contribution in [-0.2, 0) is 43.9 Å². The number of carbonyl (C=O) groups excluding carboxylic acids is 1. The van der Waals surface area contributed by atoms with Gasteiger partial charge in [-0.1, -0.05) is 135 Å². The molecular weight excluding hydrogens is 1170 g/mol. The van der Waals surface area contributed by atoms with Gasteiger partial charge in [-0.05, 0) is 174 Å². The SMILES string of the molecule is C.COc1ccc(/C=C/C(=O)NCCc2ccc(OC)c(OCc3ccccc3)c2)cc1Br.COc1ccc(/C=C/C2NCCc3cc(OCc4ccccc4)c(OC)cc32)cc1Br.COc1ccc(CCN)cc1OCc1ccccc1. The van der Waals surface area contributed by atoms with Crippen LogP contribution < -0.4 is 54.3 Å². The van der Waals surface area contributed by atoms with Gasteiger partial charge in [-0.3, -0.25) is 4.79 Å². The molecule has 0 aliphatic carbocycles. The van der Waals surface area contributed by atoms with Crippen molar-refractivity contribution in [2.45, 2.75) is 52.6 Å². The predicted molar refractivity (Wildman–Crippen MR) is 341 cm³/mol. The summed E-state index contributed by atoms with van der Waals surface area (Å²) >= 11 is 7.00. The minimum Gasteiger partial charge on any atom is -0.496 e. The Morgan fingerprint density at radius 2 is 0.964 bits per heavy atom. The summed E-state index contributed by atoms with van der Waals surface area (Å²) in [5.41, 5.74) is 15.7. The number of hydrogen-bond donors (Lipinski definition) is 3. The molecule has 0 bridgehead atoms. The zero-order valence-corrected chi connectivity index (χ0v) is 50.2. The lowest BCUT2D eigenvalue weighted by Crippen LogP contribution is -2.28. The summed E-state index contributed by atoms with van der Waals surface area (Å²) in [5.74, 6) is 5.84. The summed E-state index contributed by atoms with van der Waals surface area (Å²) in [6.07, 6.45) is 10.1. The second-order valence-corrected chi connectivity index (χ2v) is 20.4. The highest BCUT2D eigenvalue weighted by molar-refractivity contribution is 9.11. The quantitative estimate of drug-likeness (QED) is 0.0527. The lowest BCUT2D eigenvalue weighted by Gasteiger charge is -2.26. The molecule has 8 aromatic rings. The fourth-order valence-electron chi connectivity index (χ4n) is 8.73. The van der Waals surface area contributed by atoms with Crippen LogP contribution in [0.1, 0.15) is 63.5 Å². The molecule has 1 aliphatic heterocycles. The van der Waals surface area contributed by atoms with E-state index in [4.69, 9.17) is 43.6 Å². The summed E-state index contributed by atoms with van der Waals surface area (Å²) in [6.45, 7) is 3.57. The van der Waals surface area contributed by atoms with Crippen molar-refractivity contribution in [3.8, 4) is 46.0 Å². The second kappa shape index (κ2) is 34.4. The van der Waals surface area contributed by atoms with Crippen LogP contribution in [-0.4, -0.2) is 61.1 Å². The van der Waals surface area contributed by atoms with E-state index in [1.165, 1.54) is 17.2 Å². The molecule has 1 amide bonds. The Kier molecular flexibility index (Phi) is 26.6. The molecule has 434 valence electrons. The van der Waals surface area contributed by atoms with Crippen molar-refractivity contribution in [1.82, 2.24) is 10.6 Å². The number of ether oxygens (including phenoxy) is 8. The van der Waals surface area contributed by atoms with Crippen molar-refractivity contribution in [2.75, 3.05) is 55.2 Å². The van der Waals surface area contributed by atoms with Crippen LogP contribution in [0.5, 0.6) is 46.0 Å². The van der Waals surface area contributed by atoms with Gasteiger partial charge in [0.05, 0.1) is 50.5 Å². The fraction of sp³-hybridized carbons (Fsp3) is 0.232. The highest BCUT2D eigenvalue weighted by Gasteiger charge is 2.21. The van der Waals surface area contributed by atoms with E-state index in [0.29, 0.717) is 50.8 Å². The average molecular weight is 1250 g/mol. The fourth-order valence-corrected chi connectivity index (χ4v) is 9.85. The van der Waals surface area contributed by atoms with Crippen LogP contribution >= 0.6 is 31.9 Å². The molecule has 8 aromatic carbocycles. The first-order valence-electron chi connectivity index (χ1n) is 26.9. The zero-order chi connectivity index (χ0) is 57.9. The Bertz CT molecular complexity index is 3330. The third-order valence-corrected chi connectivity index (χ3v) is 14.3. The minimum absolute atomic E-state index is 0. The van der Waals surface area contributed by atoms with Crippen LogP contribution in [0.15, 0.2) is 197 Å². The second-order valence-electron chi connectivity index (χ2n) is 18.7. The van der Waals surface area contributed by atoms with E-state index in [1.807, 2.05) is 146 Å². The maximum atomic E-state index is 12.2. The number of hydrogen-bond acceptors (Lipinski definition) is 11. The van der Waals surface area contributed by atoms with E-state index in [2.05, 4.69) is 85.0 Å². The number of fused-ring (bicyclic) bond motifs is 1. The zero-order valence-electron chi connectivity index (χ0n) is 47.0. The number of methoxy groups -OCH3 is 5. The van der Waals surface area contributed by atoms with Crippen molar-refractivity contribution < 1.29 is 42.7 Å². The van der Waals surface area contributed by atoms with Crippen molar-refractivity contribution in [3.05, 3.63) is 247 Å². The number of benzene rings is 8. The molecular formula is C69H75Br2N3O9. The first-order chi connectivity index (χ1) is 40.1. The van der Waals surface area contributed by atoms with Crippen LogP contribution in [0, 0.1) is 0 Å². The first kappa shape index (κ1) is 64.2. The molecule has 0 saturated carbocycles. The van der Waals surface area contributed by atoms with Gasteiger partial charge >= 0.3 is 0 Å². The van der Waals surface area contributed by atoms with Gasteiger partial charge < -0.3 is 54.3 Å². The van der Waals surface area contributed by atoms with Gasteiger partial charge in [0.15, 0.2) is 34.5 Å². The molecule has 83 heavy (non-hydrogen) atoms. The third kappa shape index (κ3) is 20.1. The smallest absolute Gasteiger partial charge is 0.244 e. The van der Waals surface area contributed by atoms with E-state index < -0.39 is 0 Å². The largest absolute Gasteiger partial charge is 0.496 e. The van der Waals surface area contributed by atoms with Crippen molar-refractivity contribution in [1.29, 1.82) is 0 Å². The lowest BCUT2D eigenvalue weighted by atomic mass is 9.93. The molecule has 12 nitrogen and oxygen atoms in total. The molecule has 4 N–H and O–H groups in total. The Balaban J connectivity index is 0.000000205. The van der Waals surface area contributed by atoms with Gasteiger partial charge in [0, 0.05) is 19.2 Å². The Labute approximate surface area is 506 Å². The van der Waals surface area contributed by atoms with E-state index in [1.54, 1.807) is 41.6 Å². The summed E-state index contributed by atoms with van der Waals surface area (Å²) in [6, 6.07) is 58.0. The van der Waals surface area contributed by atoms with Crippen molar-refractivity contribution in [3.63, 3.8) is 0 Å². The average Bonchev–Trinajstić information content (AvgIpc) is 3.57. The molecule has 1 heterocycles. The summed E-state index contributed by atoms with van der Waals surface area (Å²) in [4.78, 5) is 12.2. The first-order valence-corrected chi connectivity index (χ1v) is 28.5. The van der Waals surface area contributed by atoms with E-state index >= 15 is 0 Å². The van der Waals surface area contributed by atoms with Crippen LogP contribution in [0.4, 0.5) is 0 Å². The highest BCUT2D eigenvalue weighted by Crippen LogP contribution is 2.37. The topological polar surface area (TPSA) is 141 Å². The monoisotopic (exact) mass is 1250 g/mol. The molecule has 0 fully saturated rings. The van der Waals surface area contributed by atoms with Crippen molar-refractivity contribution in [2.24, 2.45) is 5.73 Å². The summed E-state index contributed by atoms with van der Waals surface area (Å²) in [5, 5.41) is 6.50. The molecule has 0 aromatic heterocycles. The number of nitrogens with two attached hydrogens (primary N) is 1. The van der Waals surface area contributed by atoms with Gasteiger partial charge in [-0.25, -0.2) is 0 Å². The van der Waals surface area contributed by atoms with E-state index in [0.717, 1.165) is 102 Å². The molecule has 14 heteroatoms. The van der Waals surface area contributed by atoms with Crippen molar-refractivity contribution >= 4 is 49.9 Å². The van der Waals surface area contributed by atoms with Gasteiger partial charge in [-0.15, -0.1) is 0 Å².